The van der Waals surface area contributed by atoms with Gasteiger partial charge in [-0.3, -0.25) is 14.2 Å². The Bertz CT molecular complexity index is 1300. The van der Waals surface area contributed by atoms with E-state index in [9.17, 15) is 9.59 Å². The van der Waals surface area contributed by atoms with Gasteiger partial charge in [-0.25, -0.2) is 0 Å². The molecule has 2 amide bonds. The minimum Gasteiger partial charge on any atom is -0.493 e. The van der Waals surface area contributed by atoms with E-state index in [2.05, 4.69) is 49.2 Å². The maximum Gasteiger partial charge on any atom is 0.254 e. The zero-order chi connectivity index (χ0) is 27.4. The second kappa shape index (κ2) is 11.8. The Kier molecular flexibility index (Phi) is 7.99. The molecule has 0 aliphatic carbocycles. The van der Waals surface area contributed by atoms with E-state index >= 15 is 0 Å². The predicted molar refractivity (Wildman–Crippen MR) is 147 cm³/mol. The van der Waals surface area contributed by atoms with Crippen molar-refractivity contribution in [1.82, 2.24) is 25.0 Å². The molecule has 2 atom stereocenters. The SMILES string of the molecule is COc1ccc(C(=O)N2CCN(c3nnc(C4CCC(=O)NC4C)n3CCc3ccccc3)CC2)cc1OC. The number of nitrogens with zero attached hydrogens (tertiary/aromatic N) is 5. The van der Waals surface area contributed by atoms with Crippen LogP contribution in [0.3, 0.4) is 0 Å². The summed E-state index contributed by atoms with van der Waals surface area (Å²) < 4.78 is 12.9. The van der Waals surface area contributed by atoms with Gasteiger partial charge in [0.25, 0.3) is 5.91 Å². The molecule has 2 fully saturated rings. The first-order valence-electron chi connectivity index (χ1n) is 13.5. The van der Waals surface area contributed by atoms with Crippen LogP contribution in [0.4, 0.5) is 5.95 Å². The zero-order valence-electron chi connectivity index (χ0n) is 22.8. The van der Waals surface area contributed by atoms with Crippen molar-refractivity contribution in [3.8, 4) is 11.5 Å². The van der Waals surface area contributed by atoms with Crippen LogP contribution in [0.25, 0.3) is 0 Å². The van der Waals surface area contributed by atoms with Gasteiger partial charge in [0.15, 0.2) is 11.5 Å². The number of anilines is 1. The van der Waals surface area contributed by atoms with E-state index in [0.29, 0.717) is 49.7 Å². The molecule has 39 heavy (non-hydrogen) atoms. The van der Waals surface area contributed by atoms with Crippen molar-refractivity contribution in [2.75, 3.05) is 45.3 Å². The first-order valence-corrected chi connectivity index (χ1v) is 13.5. The molecule has 3 aromatic rings. The molecule has 1 N–H and O–H groups in total. The Morgan fingerprint density at radius 3 is 2.44 bits per heavy atom. The van der Waals surface area contributed by atoms with E-state index in [1.807, 2.05) is 17.9 Å². The van der Waals surface area contributed by atoms with E-state index in [0.717, 1.165) is 31.2 Å². The summed E-state index contributed by atoms with van der Waals surface area (Å²) in [7, 11) is 3.14. The maximum atomic E-state index is 13.3. The van der Waals surface area contributed by atoms with Crippen LogP contribution in [0.5, 0.6) is 11.5 Å². The molecule has 2 aliphatic heterocycles. The predicted octanol–water partition coefficient (Wildman–Crippen LogP) is 2.88. The fraction of sp³-hybridized carbons (Fsp3) is 0.448. The van der Waals surface area contributed by atoms with E-state index in [-0.39, 0.29) is 23.8 Å². The van der Waals surface area contributed by atoms with Crippen LogP contribution < -0.4 is 19.7 Å². The number of piperazine rings is 1. The quantitative estimate of drug-likeness (QED) is 0.476. The lowest BCUT2D eigenvalue weighted by Gasteiger charge is -2.36. The number of benzene rings is 2. The smallest absolute Gasteiger partial charge is 0.254 e. The van der Waals surface area contributed by atoms with Crippen LogP contribution in [0, 0.1) is 0 Å². The number of hydrogen-bond donors (Lipinski definition) is 1. The lowest BCUT2D eigenvalue weighted by Crippen LogP contribution is -2.49. The van der Waals surface area contributed by atoms with E-state index in [1.54, 1.807) is 32.4 Å². The molecule has 0 bridgehead atoms. The summed E-state index contributed by atoms with van der Waals surface area (Å²) in [5.41, 5.74) is 1.82. The topological polar surface area (TPSA) is 102 Å². The van der Waals surface area contributed by atoms with Crippen molar-refractivity contribution in [3.05, 3.63) is 65.5 Å². The second-order valence-corrected chi connectivity index (χ2v) is 10.1. The van der Waals surface area contributed by atoms with Gasteiger partial charge in [0, 0.05) is 56.7 Å². The average molecular weight is 533 g/mol. The Labute approximate surface area is 228 Å². The van der Waals surface area contributed by atoms with Crippen LogP contribution in [0.2, 0.25) is 0 Å². The number of piperidine rings is 1. The van der Waals surface area contributed by atoms with Gasteiger partial charge in [-0.15, -0.1) is 10.2 Å². The van der Waals surface area contributed by atoms with Crippen molar-refractivity contribution < 1.29 is 19.1 Å². The zero-order valence-corrected chi connectivity index (χ0v) is 22.8. The number of carbonyl (C=O) groups is 2. The van der Waals surface area contributed by atoms with Gasteiger partial charge < -0.3 is 24.6 Å². The molecule has 2 unspecified atom stereocenters. The molecule has 10 heteroatoms. The number of aryl methyl sites for hydroxylation is 1. The summed E-state index contributed by atoms with van der Waals surface area (Å²) in [5.74, 6) is 3.02. The largest absolute Gasteiger partial charge is 0.493 e. The molecular weight excluding hydrogens is 496 g/mol. The summed E-state index contributed by atoms with van der Waals surface area (Å²) in [6.45, 7) is 5.23. The minimum absolute atomic E-state index is 0.00488. The van der Waals surface area contributed by atoms with Gasteiger partial charge in [0.2, 0.25) is 11.9 Å². The molecule has 0 radical (unpaired) electrons. The number of aromatic nitrogens is 3. The van der Waals surface area contributed by atoms with Crippen molar-refractivity contribution in [2.24, 2.45) is 0 Å². The lowest BCUT2D eigenvalue weighted by atomic mass is 9.91. The first kappa shape index (κ1) is 26.5. The monoisotopic (exact) mass is 532 g/mol. The van der Waals surface area contributed by atoms with E-state index in [1.165, 1.54) is 5.56 Å². The fourth-order valence-electron chi connectivity index (χ4n) is 5.49. The molecule has 2 aromatic carbocycles. The van der Waals surface area contributed by atoms with Crippen LogP contribution in [0.15, 0.2) is 48.5 Å². The summed E-state index contributed by atoms with van der Waals surface area (Å²) >= 11 is 0. The van der Waals surface area contributed by atoms with Crippen LogP contribution in [-0.4, -0.2) is 77.9 Å². The second-order valence-electron chi connectivity index (χ2n) is 10.1. The highest BCUT2D eigenvalue weighted by Gasteiger charge is 2.33. The van der Waals surface area contributed by atoms with Crippen molar-refractivity contribution in [3.63, 3.8) is 0 Å². The number of methoxy groups -OCH3 is 2. The average Bonchev–Trinajstić information content (AvgIpc) is 3.39. The third-order valence-corrected chi connectivity index (χ3v) is 7.71. The maximum absolute atomic E-state index is 13.3. The minimum atomic E-state index is -0.0337. The Morgan fingerprint density at radius 1 is 1.00 bits per heavy atom. The third-order valence-electron chi connectivity index (χ3n) is 7.71. The molecule has 2 saturated heterocycles. The highest BCUT2D eigenvalue weighted by atomic mass is 16.5. The van der Waals surface area contributed by atoms with Crippen molar-refractivity contribution in [2.45, 2.75) is 44.7 Å². The number of rotatable bonds is 8. The van der Waals surface area contributed by atoms with E-state index < -0.39 is 0 Å². The Morgan fingerprint density at radius 2 is 1.74 bits per heavy atom. The van der Waals surface area contributed by atoms with Crippen LogP contribution in [-0.2, 0) is 17.8 Å². The number of ether oxygens (including phenoxy) is 2. The summed E-state index contributed by atoms with van der Waals surface area (Å²) in [5, 5.41) is 12.4. The molecule has 0 spiro atoms. The van der Waals surface area contributed by atoms with Gasteiger partial charge in [-0.05, 0) is 43.5 Å². The molecule has 1 aromatic heterocycles. The number of amides is 2. The normalized spacial score (nSPS) is 19.5. The van der Waals surface area contributed by atoms with Crippen molar-refractivity contribution >= 4 is 17.8 Å². The van der Waals surface area contributed by atoms with Crippen LogP contribution in [0.1, 0.15) is 47.4 Å². The molecular formula is C29H36N6O4. The standard InChI is InChI=1S/C29H36N6O4/c1-20-23(10-12-26(36)30-20)27-31-32-29(35(27)14-13-21-7-5-4-6-8-21)34-17-15-33(16-18-34)28(37)22-9-11-24(38-2)25(19-22)39-3/h4-9,11,19-20,23H,10,12-18H2,1-3H3,(H,30,36). The number of carbonyl (C=O) groups excluding carboxylic acids is 2. The fourth-order valence-corrected chi connectivity index (χ4v) is 5.49. The molecule has 5 rings (SSSR count). The third kappa shape index (κ3) is 5.69. The van der Waals surface area contributed by atoms with Gasteiger partial charge in [-0.2, -0.15) is 0 Å². The van der Waals surface area contributed by atoms with Crippen molar-refractivity contribution in [1.29, 1.82) is 0 Å². The molecule has 3 heterocycles. The molecule has 2 aliphatic rings. The Balaban J connectivity index is 1.33. The van der Waals surface area contributed by atoms with Gasteiger partial charge >= 0.3 is 0 Å². The first-order chi connectivity index (χ1) is 19.0. The van der Waals surface area contributed by atoms with E-state index in [4.69, 9.17) is 9.47 Å². The van der Waals surface area contributed by atoms with Gasteiger partial charge in [0.05, 0.1) is 14.2 Å². The van der Waals surface area contributed by atoms with Gasteiger partial charge in [0.1, 0.15) is 5.82 Å². The summed E-state index contributed by atoms with van der Waals surface area (Å²) in [6.07, 6.45) is 2.10. The highest BCUT2D eigenvalue weighted by molar-refractivity contribution is 5.95. The Hall–Kier alpha value is -4.08. The van der Waals surface area contributed by atoms with Gasteiger partial charge in [-0.1, -0.05) is 30.3 Å². The molecule has 10 nitrogen and oxygen atoms in total. The number of hydrogen-bond acceptors (Lipinski definition) is 7. The van der Waals surface area contributed by atoms with Crippen LogP contribution >= 0.6 is 0 Å². The lowest BCUT2D eigenvalue weighted by molar-refractivity contribution is -0.123. The summed E-state index contributed by atoms with van der Waals surface area (Å²) in [6, 6.07) is 15.6. The summed E-state index contributed by atoms with van der Waals surface area (Å²) in [4.78, 5) is 29.3. The highest BCUT2D eigenvalue weighted by Crippen LogP contribution is 2.31. The molecule has 206 valence electrons. The number of nitrogens with one attached hydrogen (secondary N) is 1. The molecule has 0 saturated carbocycles.